The number of rotatable bonds is 8. The average molecular weight is 485 g/mol. The first-order valence-electron chi connectivity index (χ1n) is 11.5. The van der Waals surface area contributed by atoms with Crippen LogP contribution in [0, 0.1) is 6.92 Å². The molecule has 7 heteroatoms. The van der Waals surface area contributed by atoms with E-state index >= 15 is 0 Å². The standard InChI is InChI=1S/C29H28N2O5/c1-5-35-27-18(3)28-23(24(16-36-28)21-11-6-7-12-25(21)34-4)15-22(27)17(2)13-26(32)31-20-10-8-9-19(14-20)29(30)33/h6-16H,5H2,1-4H3,(H2,30,33)(H,31,32)/b17-13+. The van der Waals surface area contributed by atoms with Gasteiger partial charge in [-0.1, -0.05) is 24.3 Å². The Kier molecular flexibility index (Phi) is 7.10. The molecule has 0 bridgehead atoms. The van der Waals surface area contributed by atoms with Crippen LogP contribution in [0.3, 0.4) is 0 Å². The smallest absolute Gasteiger partial charge is 0.248 e. The molecule has 184 valence electrons. The van der Waals surface area contributed by atoms with Crippen molar-refractivity contribution in [2.75, 3.05) is 19.0 Å². The Morgan fingerprint density at radius 3 is 2.58 bits per heavy atom. The highest BCUT2D eigenvalue weighted by atomic mass is 16.5. The molecule has 0 aliphatic rings. The summed E-state index contributed by atoms with van der Waals surface area (Å²) in [6.07, 6.45) is 3.22. The maximum Gasteiger partial charge on any atom is 0.248 e. The summed E-state index contributed by atoms with van der Waals surface area (Å²) in [6, 6.07) is 16.2. The lowest BCUT2D eigenvalue weighted by atomic mass is 9.96. The number of furan rings is 1. The fourth-order valence-corrected chi connectivity index (χ4v) is 4.22. The Balaban J connectivity index is 1.78. The van der Waals surface area contributed by atoms with Crippen LogP contribution in [-0.4, -0.2) is 25.5 Å². The lowest BCUT2D eigenvalue weighted by Crippen LogP contribution is -2.13. The number of anilines is 1. The van der Waals surface area contributed by atoms with E-state index in [-0.39, 0.29) is 5.91 Å². The minimum absolute atomic E-state index is 0.317. The van der Waals surface area contributed by atoms with Crippen molar-refractivity contribution in [1.29, 1.82) is 0 Å². The van der Waals surface area contributed by atoms with Crippen molar-refractivity contribution in [3.05, 3.63) is 83.6 Å². The minimum atomic E-state index is -0.561. The first-order valence-corrected chi connectivity index (χ1v) is 11.5. The molecule has 0 radical (unpaired) electrons. The second-order valence-electron chi connectivity index (χ2n) is 8.30. The molecule has 3 aromatic carbocycles. The van der Waals surface area contributed by atoms with Crippen molar-refractivity contribution < 1.29 is 23.5 Å². The molecule has 36 heavy (non-hydrogen) atoms. The zero-order valence-electron chi connectivity index (χ0n) is 20.7. The van der Waals surface area contributed by atoms with Gasteiger partial charge in [0.2, 0.25) is 11.8 Å². The van der Waals surface area contributed by atoms with Crippen LogP contribution in [0.25, 0.3) is 27.7 Å². The van der Waals surface area contributed by atoms with Crippen molar-refractivity contribution in [2.24, 2.45) is 5.73 Å². The van der Waals surface area contributed by atoms with E-state index in [0.717, 1.165) is 33.4 Å². The Labute approximate surface area is 209 Å². The number of hydrogen-bond acceptors (Lipinski definition) is 5. The third-order valence-electron chi connectivity index (χ3n) is 5.92. The van der Waals surface area contributed by atoms with Crippen molar-refractivity contribution in [1.82, 2.24) is 0 Å². The van der Waals surface area contributed by atoms with Crippen molar-refractivity contribution in [3.8, 4) is 22.6 Å². The maximum absolute atomic E-state index is 12.8. The number of allylic oxidation sites excluding steroid dienone is 1. The number of para-hydroxylation sites is 1. The molecular weight excluding hydrogens is 456 g/mol. The summed E-state index contributed by atoms with van der Waals surface area (Å²) in [4.78, 5) is 24.3. The van der Waals surface area contributed by atoms with Crippen LogP contribution in [0.4, 0.5) is 5.69 Å². The molecule has 2 amide bonds. The number of fused-ring (bicyclic) bond motifs is 1. The molecule has 4 aromatic rings. The number of methoxy groups -OCH3 is 1. The van der Waals surface area contributed by atoms with E-state index in [4.69, 9.17) is 19.6 Å². The molecular formula is C29H28N2O5. The van der Waals surface area contributed by atoms with E-state index in [2.05, 4.69) is 5.32 Å². The van der Waals surface area contributed by atoms with Crippen LogP contribution in [-0.2, 0) is 4.79 Å². The van der Waals surface area contributed by atoms with E-state index < -0.39 is 5.91 Å². The van der Waals surface area contributed by atoms with Gasteiger partial charge in [-0.05, 0) is 56.7 Å². The lowest BCUT2D eigenvalue weighted by molar-refractivity contribution is -0.111. The number of nitrogens with one attached hydrogen (secondary N) is 1. The molecule has 0 fully saturated rings. The third-order valence-corrected chi connectivity index (χ3v) is 5.92. The molecule has 0 saturated heterocycles. The van der Waals surface area contributed by atoms with E-state index in [1.807, 2.05) is 51.1 Å². The highest BCUT2D eigenvalue weighted by Gasteiger charge is 2.20. The van der Waals surface area contributed by atoms with Crippen molar-refractivity contribution in [3.63, 3.8) is 0 Å². The zero-order chi connectivity index (χ0) is 25.8. The first-order chi connectivity index (χ1) is 17.3. The average Bonchev–Trinajstić information content (AvgIpc) is 3.29. The number of benzene rings is 3. The molecule has 1 heterocycles. The molecule has 0 spiro atoms. The topological polar surface area (TPSA) is 104 Å². The lowest BCUT2D eigenvalue weighted by Gasteiger charge is -2.15. The van der Waals surface area contributed by atoms with Gasteiger partial charge in [0.25, 0.3) is 0 Å². The van der Waals surface area contributed by atoms with Crippen LogP contribution in [0.15, 0.2) is 71.4 Å². The number of amides is 2. The Morgan fingerprint density at radius 2 is 1.86 bits per heavy atom. The van der Waals surface area contributed by atoms with Gasteiger partial charge in [-0.2, -0.15) is 0 Å². The molecule has 3 N–H and O–H groups in total. The molecule has 0 atom stereocenters. The summed E-state index contributed by atoms with van der Waals surface area (Å²) >= 11 is 0. The first kappa shape index (κ1) is 24.6. The van der Waals surface area contributed by atoms with E-state index in [1.165, 1.54) is 12.1 Å². The Bertz CT molecular complexity index is 1480. The summed E-state index contributed by atoms with van der Waals surface area (Å²) in [5.41, 5.74) is 11.0. The summed E-state index contributed by atoms with van der Waals surface area (Å²) in [7, 11) is 1.63. The number of ether oxygens (including phenoxy) is 2. The van der Waals surface area contributed by atoms with Crippen LogP contribution in [0.1, 0.15) is 35.3 Å². The molecule has 1 aromatic heterocycles. The highest BCUT2D eigenvalue weighted by molar-refractivity contribution is 6.06. The Morgan fingerprint density at radius 1 is 1.08 bits per heavy atom. The van der Waals surface area contributed by atoms with Crippen LogP contribution in [0.2, 0.25) is 0 Å². The quantitative estimate of drug-likeness (QED) is 0.301. The fraction of sp³-hybridized carbons (Fsp3) is 0.172. The second-order valence-corrected chi connectivity index (χ2v) is 8.30. The van der Waals surface area contributed by atoms with Gasteiger partial charge >= 0.3 is 0 Å². The van der Waals surface area contributed by atoms with Gasteiger partial charge in [-0.15, -0.1) is 0 Å². The predicted octanol–water partition coefficient (Wildman–Crippen LogP) is 5.96. The molecule has 0 aliphatic heterocycles. The number of nitrogens with two attached hydrogens (primary N) is 1. The highest BCUT2D eigenvalue weighted by Crippen LogP contribution is 2.42. The molecule has 4 rings (SSSR count). The number of aryl methyl sites for hydroxylation is 1. The Hall–Kier alpha value is -4.52. The molecule has 7 nitrogen and oxygen atoms in total. The van der Waals surface area contributed by atoms with E-state index in [0.29, 0.717) is 34.8 Å². The molecule has 0 aliphatic carbocycles. The number of hydrogen-bond donors (Lipinski definition) is 2. The number of carbonyl (C=O) groups is 2. The van der Waals surface area contributed by atoms with Gasteiger partial charge in [-0.3, -0.25) is 9.59 Å². The third kappa shape index (κ3) is 4.81. The SMILES string of the molecule is CCOc1c(/C(C)=C/C(=O)Nc2cccc(C(N)=O)c2)cc2c(-c3ccccc3OC)coc2c1C. The van der Waals surface area contributed by atoms with Gasteiger partial charge in [-0.25, -0.2) is 0 Å². The molecule has 0 unspecified atom stereocenters. The van der Waals surface area contributed by atoms with Crippen LogP contribution in [0.5, 0.6) is 11.5 Å². The number of primary amides is 1. The van der Waals surface area contributed by atoms with Gasteiger partial charge < -0.3 is 24.9 Å². The number of carbonyl (C=O) groups excluding carboxylic acids is 2. The van der Waals surface area contributed by atoms with Crippen molar-refractivity contribution in [2.45, 2.75) is 20.8 Å². The summed E-state index contributed by atoms with van der Waals surface area (Å²) in [5.74, 6) is 0.488. The summed E-state index contributed by atoms with van der Waals surface area (Å²) in [6.45, 7) is 6.16. The summed E-state index contributed by atoms with van der Waals surface area (Å²) in [5, 5.41) is 3.68. The van der Waals surface area contributed by atoms with Gasteiger partial charge in [0, 0.05) is 45.0 Å². The van der Waals surface area contributed by atoms with Crippen LogP contribution < -0.4 is 20.5 Å². The molecule has 0 saturated carbocycles. The van der Waals surface area contributed by atoms with E-state index in [1.54, 1.807) is 31.6 Å². The van der Waals surface area contributed by atoms with E-state index in [9.17, 15) is 9.59 Å². The van der Waals surface area contributed by atoms with Gasteiger partial charge in [0.05, 0.1) is 20.0 Å². The normalized spacial score (nSPS) is 11.4. The largest absolute Gasteiger partial charge is 0.496 e. The monoisotopic (exact) mass is 484 g/mol. The fourth-order valence-electron chi connectivity index (χ4n) is 4.22. The summed E-state index contributed by atoms with van der Waals surface area (Å²) < 4.78 is 17.5. The van der Waals surface area contributed by atoms with Crippen molar-refractivity contribution >= 4 is 34.0 Å². The zero-order valence-corrected chi connectivity index (χ0v) is 20.7. The predicted molar refractivity (Wildman–Crippen MR) is 141 cm³/mol. The maximum atomic E-state index is 12.8. The van der Waals surface area contributed by atoms with Gasteiger partial charge in [0.15, 0.2) is 0 Å². The van der Waals surface area contributed by atoms with Gasteiger partial charge in [0.1, 0.15) is 17.1 Å². The van der Waals surface area contributed by atoms with Crippen LogP contribution >= 0.6 is 0 Å². The minimum Gasteiger partial charge on any atom is -0.496 e. The second kappa shape index (κ2) is 10.4.